The van der Waals surface area contributed by atoms with Crippen molar-refractivity contribution in [3.8, 4) is 0 Å². The average Bonchev–Trinajstić information content (AvgIpc) is 2.84. The van der Waals surface area contributed by atoms with Gasteiger partial charge in [0, 0.05) is 12.8 Å². The van der Waals surface area contributed by atoms with Crippen molar-refractivity contribution in [3.63, 3.8) is 0 Å². The number of hydrogen-bond donors (Lipinski definition) is 1. The topological polar surface area (TPSA) is 63.6 Å². The van der Waals surface area contributed by atoms with Crippen LogP contribution in [-0.2, 0) is 14.3 Å². The Morgan fingerprint density at radius 3 is 1.80 bits per heavy atom. The zero-order valence-electron chi connectivity index (χ0n) is 22.6. The molecule has 0 heterocycles. The van der Waals surface area contributed by atoms with Crippen LogP contribution >= 0.6 is 0 Å². The van der Waals surface area contributed by atoms with E-state index in [2.05, 4.69) is 62.5 Å². The summed E-state index contributed by atoms with van der Waals surface area (Å²) in [5.74, 6) is -0.772. The Labute approximate surface area is 215 Å². The number of hydrogen-bond acceptors (Lipinski definition) is 3. The number of carboxylic acid groups (broad SMARTS) is 1. The van der Waals surface area contributed by atoms with Crippen molar-refractivity contribution in [1.29, 1.82) is 0 Å². The molecule has 4 heteroatoms. The number of unbranched alkanes of at least 4 members (excludes halogenated alkanes) is 7. The SMILES string of the molecule is CC/C=C\C/C=C\C/C=C\C/C=C\CCCCC(CCCCCCCC(=O)O)OC(=O)CCCC. The molecule has 0 aromatic rings. The molecule has 0 saturated carbocycles. The monoisotopic (exact) mass is 488 g/mol. The van der Waals surface area contributed by atoms with E-state index in [4.69, 9.17) is 9.84 Å². The molecule has 0 radical (unpaired) electrons. The lowest BCUT2D eigenvalue weighted by Gasteiger charge is -2.18. The molecule has 200 valence electrons. The molecule has 0 fully saturated rings. The average molecular weight is 489 g/mol. The van der Waals surface area contributed by atoms with Gasteiger partial charge in [0.25, 0.3) is 0 Å². The van der Waals surface area contributed by atoms with Crippen molar-refractivity contribution in [2.45, 2.75) is 136 Å². The fourth-order valence-corrected chi connectivity index (χ4v) is 3.74. The summed E-state index contributed by atoms with van der Waals surface area (Å²) in [5.41, 5.74) is 0. The van der Waals surface area contributed by atoms with Crippen LogP contribution in [0.2, 0.25) is 0 Å². The smallest absolute Gasteiger partial charge is 0.306 e. The second-order valence-corrected chi connectivity index (χ2v) is 9.20. The molecule has 0 aliphatic carbocycles. The number of carboxylic acids is 1. The molecule has 0 aliphatic heterocycles. The second kappa shape index (κ2) is 26.5. The molecule has 1 atom stereocenters. The molecule has 4 nitrogen and oxygen atoms in total. The third-order valence-corrected chi connectivity index (χ3v) is 5.82. The Hall–Kier alpha value is -2.10. The summed E-state index contributed by atoms with van der Waals surface area (Å²) in [6, 6.07) is 0. The van der Waals surface area contributed by atoms with Gasteiger partial charge in [-0.25, -0.2) is 0 Å². The fraction of sp³-hybridized carbons (Fsp3) is 0.677. The largest absolute Gasteiger partial charge is 0.481 e. The molecule has 0 aromatic carbocycles. The van der Waals surface area contributed by atoms with Gasteiger partial charge in [-0.15, -0.1) is 0 Å². The third-order valence-electron chi connectivity index (χ3n) is 5.82. The van der Waals surface area contributed by atoms with E-state index in [1.807, 2.05) is 0 Å². The van der Waals surface area contributed by atoms with E-state index in [1.54, 1.807) is 0 Å². The Morgan fingerprint density at radius 2 is 1.20 bits per heavy atom. The Kier molecular flexibility index (Phi) is 24.9. The van der Waals surface area contributed by atoms with Gasteiger partial charge in [0.05, 0.1) is 0 Å². The van der Waals surface area contributed by atoms with E-state index in [0.29, 0.717) is 6.42 Å². The Bertz CT molecular complexity index is 615. The van der Waals surface area contributed by atoms with Crippen molar-refractivity contribution < 1.29 is 19.4 Å². The number of carbonyl (C=O) groups excluding carboxylic acids is 1. The summed E-state index contributed by atoms with van der Waals surface area (Å²) < 4.78 is 5.78. The molecular weight excluding hydrogens is 436 g/mol. The van der Waals surface area contributed by atoms with Crippen LogP contribution in [0.5, 0.6) is 0 Å². The molecule has 1 unspecified atom stereocenters. The van der Waals surface area contributed by atoms with E-state index < -0.39 is 5.97 Å². The summed E-state index contributed by atoms with van der Waals surface area (Å²) in [7, 11) is 0. The highest BCUT2D eigenvalue weighted by atomic mass is 16.5. The van der Waals surface area contributed by atoms with E-state index in [0.717, 1.165) is 103 Å². The molecule has 0 rings (SSSR count). The molecule has 0 amide bonds. The van der Waals surface area contributed by atoms with Crippen LogP contribution in [0.3, 0.4) is 0 Å². The van der Waals surface area contributed by atoms with Crippen molar-refractivity contribution in [2.75, 3.05) is 0 Å². The van der Waals surface area contributed by atoms with Gasteiger partial charge in [0.2, 0.25) is 0 Å². The van der Waals surface area contributed by atoms with Crippen molar-refractivity contribution in [1.82, 2.24) is 0 Å². The molecule has 35 heavy (non-hydrogen) atoms. The van der Waals surface area contributed by atoms with Crippen LogP contribution in [-0.4, -0.2) is 23.1 Å². The predicted octanol–water partition coefficient (Wildman–Crippen LogP) is 9.27. The fourth-order valence-electron chi connectivity index (χ4n) is 3.74. The van der Waals surface area contributed by atoms with Gasteiger partial charge in [-0.05, 0) is 77.0 Å². The maximum Gasteiger partial charge on any atom is 0.306 e. The van der Waals surface area contributed by atoms with Crippen LogP contribution in [0.1, 0.15) is 129 Å². The number of allylic oxidation sites excluding steroid dienone is 8. The number of ether oxygens (including phenoxy) is 1. The van der Waals surface area contributed by atoms with Gasteiger partial charge in [-0.1, -0.05) is 88.1 Å². The van der Waals surface area contributed by atoms with Crippen LogP contribution < -0.4 is 0 Å². The first kappa shape index (κ1) is 32.9. The highest BCUT2D eigenvalue weighted by Crippen LogP contribution is 2.17. The first-order valence-electron chi connectivity index (χ1n) is 14.1. The first-order chi connectivity index (χ1) is 17.1. The van der Waals surface area contributed by atoms with Crippen molar-refractivity contribution in [3.05, 3.63) is 48.6 Å². The molecule has 0 aromatic heterocycles. The van der Waals surface area contributed by atoms with Crippen LogP contribution in [0, 0.1) is 0 Å². The van der Waals surface area contributed by atoms with E-state index in [1.165, 1.54) is 0 Å². The van der Waals surface area contributed by atoms with Crippen LogP contribution in [0.15, 0.2) is 48.6 Å². The number of aliphatic carboxylic acids is 1. The van der Waals surface area contributed by atoms with Crippen molar-refractivity contribution in [2.24, 2.45) is 0 Å². The van der Waals surface area contributed by atoms with E-state index in [9.17, 15) is 9.59 Å². The zero-order chi connectivity index (χ0) is 25.8. The predicted molar refractivity (Wildman–Crippen MR) is 149 cm³/mol. The quantitative estimate of drug-likeness (QED) is 0.0835. The first-order valence-corrected chi connectivity index (χ1v) is 14.1. The normalized spacial score (nSPS) is 13.0. The minimum atomic E-state index is -0.714. The Balaban J connectivity index is 4.03. The van der Waals surface area contributed by atoms with Crippen molar-refractivity contribution >= 4 is 11.9 Å². The second-order valence-electron chi connectivity index (χ2n) is 9.20. The van der Waals surface area contributed by atoms with Gasteiger partial charge >= 0.3 is 11.9 Å². The van der Waals surface area contributed by atoms with Crippen LogP contribution in [0.4, 0.5) is 0 Å². The van der Waals surface area contributed by atoms with Gasteiger partial charge in [-0.3, -0.25) is 9.59 Å². The molecule has 0 saturated heterocycles. The van der Waals surface area contributed by atoms with Gasteiger partial charge in [0.15, 0.2) is 0 Å². The number of esters is 1. The van der Waals surface area contributed by atoms with Gasteiger partial charge < -0.3 is 9.84 Å². The molecule has 0 bridgehead atoms. The van der Waals surface area contributed by atoms with Gasteiger partial charge in [0.1, 0.15) is 6.10 Å². The minimum Gasteiger partial charge on any atom is -0.481 e. The molecule has 0 spiro atoms. The Morgan fingerprint density at radius 1 is 0.657 bits per heavy atom. The lowest BCUT2D eigenvalue weighted by atomic mass is 10.0. The highest BCUT2D eigenvalue weighted by Gasteiger charge is 2.13. The number of rotatable bonds is 24. The molecule has 0 aliphatic rings. The summed E-state index contributed by atoms with van der Waals surface area (Å²) in [5, 5.41) is 8.71. The standard InChI is InChI=1S/C31H52O4/c1-3-5-7-8-9-10-11-12-13-14-15-16-17-19-22-25-29(35-31(34)28-6-4-2)26-23-20-18-21-24-27-30(32)33/h5,7,9-10,12-13,15-16,29H,3-4,6,8,11,14,17-28H2,1-2H3,(H,32,33)/b7-5-,10-9-,13-12-,16-15-. The van der Waals surface area contributed by atoms with Gasteiger partial charge in [-0.2, -0.15) is 0 Å². The lowest BCUT2D eigenvalue weighted by Crippen LogP contribution is -2.18. The maximum atomic E-state index is 12.1. The summed E-state index contributed by atoms with van der Waals surface area (Å²) >= 11 is 0. The van der Waals surface area contributed by atoms with Crippen LogP contribution in [0.25, 0.3) is 0 Å². The number of carbonyl (C=O) groups is 2. The highest BCUT2D eigenvalue weighted by molar-refractivity contribution is 5.69. The van der Waals surface area contributed by atoms with E-state index >= 15 is 0 Å². The lowest BCUT2D eigenvalue weighted by molar-refractivity contribution is -0.150. The summed E-state index contributed by atoms with van der Waals surface area (Å²) in [6.07, 6.45) is 34.5. The third kappa shape index (κ3) is 26.3. The van der Waals surface area contributed by atoms with E-state index in [-0.39, 0.29) is 18.5 Å². The summed E-state index contributed by atoms with van der Waals surface area (Å²) in [4.78, 5) is 22.7. The minimum absolute atomic E-state index is 0.0239. The molecular formula is C31H52O4. The molecule has 1 N–H and O–H groups in total. The maximum absolute atomic E-state index is 12.1. The zero-order valence-corrected chi connectivity index (χ0v) is 22.6. The summed E-state index contributed by atoms with van der Waals surface area (Å²) in [6.45, 7) is 4.24.